The van der Waals surface area contributed by atoms with Crippen molar-refractivity contribution in [1.29, 1.82) is 0 Å². The number of ether oxygens (including phenoxy) is 1. The molecule has 4 heteroatoms. The maximum absolute atomic E-state index is 6.01. The van der Waals surface area contributed by atoms with E-state index in [2.05, 4.69) is 35.0 Å². The average Bonchev–Trinajstić information content (AvgIpc) is 2.74. The number of rotatable bonds is 9. The van der Waals surface area contributed by atoms with Crippen LogP contribution in [0.4, 0.5) is 0 Å². The predicted molar refractivity (Wildman–Crippen MR) is 83.1 cm³/mol. The van der Waals surface area contributed by atoms with Crippen LogP contribution in [-0.2, 0) is 4.74 Å². The maximum Gasteiger partial charge on any atom is 0.106 e. The van der Waals surface area contributed by atoms with Gasteiger partial charge in [0.1, 0.15) is 6.10 Å². The van der Waals surface area contributed by atoms with Gasteiger partial charge in [-0.1, -0.05) is 32.6 Å². The number of hydrogen-bond donors (Lipinski definition) is 1. The Kier molecular flexibility index (Phi) is 8.15. The summed E-state index contributed by atoms with van der Waals surface area (Å²) in [6.07, 6.45) is 6.35. The lowest BCUT2D eigenvalue weighted by atomic mass is 10.1. The van der Waals surface area contributed by atoms with Gasteiger partial charge in [0, 0.05) is 17.5 Å². The molecule has 2 N–H and O–H groups in total. The second-order valence-electron chi connectivity index (χ2n) is 4.71. The zero-order valence-electron chi connectivity index (χ0n) is 11.3. The van der Waals surface area contributed by atoms with Crippen LogP contribution in [0.2, 0.25) is 0 Å². The third kappa shape index (κ3) is 5.83. The molecule has 0 aliphatic carbocycles. The molecule has 0 radical (unpaired) electrons. The first-order valence-electron chi connectivity index (χ1n) is 6.77. The van der Waals surface area contributed by atoms with Gasteiger partial charge in [0.25, 0.3) is 0 Å². The van der Waals surface area contributed by atoms with Crippen LogP contribution in [0.5, 0.6) is 0 Å². The predicted octanol–water partition coefficient (Wildman–Crippen LogP) is 4.89. The highest BCUT2D eigenvalue weighted by Gasteiger charge is 2.18. The molecule has 104 valence electrons. The zero-order valence-corrected chi connectivity index (χ0v) is 13.7. The molecular weight excluding hydrogens is 310 g/mol. The van der Waals surface area contributed by atoms with Crippen LogP contribution in [0.1, 0.15) is 56.9 Å². The first kappa shape index (κ1) is 16.2. The van der Waals surface area contributed by atoms with Crippen molar-refractivity contribution in [1.82, 2.24) is 0 Å². The molecule has 18 heavy (non-hydrogen) atoms. The molecule has 0 fully saturated rings. The monoisotopic (exact) mass is 333 g/mol. The summed E-state index contributed by atoms with van der Waals surface area (Å²) in [5, 5.41) is 0. The molecule has 1 aromatic heterocycles. The van der Waals surface area contributed by atoms with Crippen molar-refractivity contribution in [3.8, 4) is 0 Å². The Balaban J connectivity index is 2.31. The van der Waals surface area contributed by atoms with E-state index < -0.39 is 0 Å². The maximum atomic E-state index is 6.01. The van der Waals surface area contributed by atoms with E-state index in [4.69, 9.17) is 10.5 Å². The standard InChI is InChI=1S/C14H24BrNOS/c1-3-4-5-6-7-10-17-14(11(2)16)12-8-9-13(15)18-12/h8-9,11,14H,3-7,10,16H2,1-2H3. The first-order chi connectivity index (χ1) is 8.65. The van der Waals surface area contributed by atoms with Crippen LogP contribution >= 0.6 is 27.3 Å². The fourth-order valence-corrected chi connectivity index (χ4v) is 3.48. The zero-order chi connectivity index (χ0) is 13.4. The second-order valence-corrected chi connectivity index (χ2v) is 7.20. The van der Waals surface area contributed by atoms with Crippen molar-refractivity contribution in [3.05, 3.63) is 20.8 Å². The first-order valence-corrected chi connectivity index (χ1v) is 8.38. The van der Waals surface area contributed by atoms with Gasteiger partial charge < -0.3 is 10.5 Å². The molecule has 2 atom stereocenters. The summed E-state index contributed by atoms with van der Waals surface area (Å²) in [6.45, 7) is 5.05. The highest BCUT2D eigenvalue weighted by molar-refractivity contribution is 9.11. The van der Waals surface area contributed by atoms with Gasteiger partial charge >= 0.3 is 0 Å². The number of unbranched alkanes of at least 4 members (excludes halogenated alkanes) is 4. The largest absolute Gasteiger partial charge is 0.371 e. The normalized spacial score (nSPS) is 14.7. The Morgan fingerprint density at radius 2 is 2.00 bits per heavy atom. The summed E-state index contributed by atoms with van der Waals surface area (Å²) < 4.78 is 7.08. The highest BCUT2D eigenvalue weighted by Crippen LogP contribution is 2.31. The molecule has 0 spiro atoms. The number of hydrogen-bond acceptors (Lipinski definition) is 3. The van der Waals surface area contributed by atoms with Crippen LogP contribution in [0.25, 0.3) is 0 Å². The molecule has 0 bridgehead atoms. The van der Waals surface area contributed by atoms with Crippen molar-refractivity contribution in [2.24, 2.45) is 5.73 Å². The van der Waals surface area contributed by atoms with E-state index >= 15 is 0 Å². The summed E-state index contributed by atoms with van der Waals surface area (Å²) in [5.74, 6) is 0. The molecule has 2 unspecified atom stereocenters. The number of thiophene rings is 1. The van der Waals surface area contributed by atoms with Crippen LogP contribution in [-0.4, -0.2) is 12.6 Å². The fraction of sp³-hybridized carbons (Fsp3) is 0.714. The van der Waals surface area contributed by atoms with Crippen molar-refractivity contribution >= 4 is 27.3 Å². The van der Waals surface area contributed by atoms with Gasteiger partial charge in [-0.05, 0) is 41.4 Å². The van der Waals surface area contributed by atoms with Crippen molar-refractivity contribution < 1.29 is 4.74 Å². The molecular formula is C14H24BrNOS. The number of nitrogens with two attached hydrogens (primary N) is 1. The van der Waals surface area contributed by atoms with Gasteiger partial charge in [0.05, 0.1) is 3.79 Å². The quantitative estimate of drug-likeness (QED) is 0.653. The molecule has 0 saturated heterocycles. The highest BCUT2D eigenvalue weighted by atomic mass is 79.9. The summed E-state index contributed by atoms with van der Waals surface area (Å²) in [6, 6.07) is 4.19. The third-order valence-electron chi connectivity index (χ3n) is 2.90. The third-order valence-corrected chi connectivity index (χ3v) is 4.58. The molecule has 0 amide bonds. The Hall–Kier alpha value is 0.1000. The van der Waals surface area contributed by atoms with Gasteiger partial charge in [-0.25, -0.2) is 0 Å². The molecule has 0 saturated carbocycles. The van der Waals surface area contributed by atoms with Gasteiger partial charge in [0.15, 0.2) is 0 Å². The average molecular weight is 334 g/mol. The van der Waals surface area contributed by atoms with Gasteiger partial charge in [-0.2, -0.15) is 0 Å². The second kappa shape index (κ2) is 9.08. The minimum absolute atomic E-state index is 0.0335. The van der Waals surface area contributed by atoms with Crippen molar-refractivity contribution in [3.63, 3.8) is 0 Å². The molecule has 1 aromatic rings. The lowest BCUT2D eigenvalue weighted by Gasteiger charge is -2.20. The summed E-state index contributed by atoms with van der Waals surface area (Å²) in [7, 11) is 0. The van der Waals surface area contributed by atoms with Crippen LogP contribution in [0.3, 0.4) is 0 Å². The smallest absolute Gasteiger partial charge is 0.106 e. The molecule has 0 aliphatic heterocycles. The van der Waals surface area contributed by atoms with E-state index in [0.29, 0.717) is 0 Å². The Morgan fingerprint density at radius 1 is 1.28 bits per heavy atom. The number of halogens is 1. The van der Waals surface area contributed by atoms with Crippen LogP contribution in [0.15, 0.2) is 15.9 Å². The lowest BCUT2D eigenvalue weighted by Crippen LogP contribution is -2.26. The van der Waals surface area contributed by atoms with E-state index in [9.17, 15) is 0 Å². The Bertz CT molecular complexity index is 327. The van der Waals surface area contributed by atoms with Crippen LogP contribution in [0, 0.1) is 0 Å². The van der Waals surface area contributed by atoms with Gasteiger partial charge in [0.2, 0.25) is 0 Å². The lowest BCUT2D eigenvalue weighted by molar-refractivity contribution is 0.0382. The van der Waals surface area contributed by atoms with E-state index in [-0.39, 0.29) is 12.1 Å². The molecule has 2 nitrogen and oxygen atoms in total. The minimum Gasteiger partial charge on any atom is -0.371 e. The van der Waals surface area contributed by atoms with E-state index in [1.54, 1.807) is 11.3 Å². The van der Waals surface area contributed by atoms with E-state index in [0.717, 1.165) is 16.8 Å². The van der Waals surface area contributed by atoms with Crippen molar-refractivity contribution in [2.75, 3.05) is 6.61 Å². The topological polar surface area (TPSA) is 35.2 Å². The van der Waals surface area contributed by atoms with Gasteiger partial charge in [-0.3, -0.25) is 0 Å². The summed E-state index contributed by atoms with van der Waals surface area (Å²) in [5.41, 5.74) is 6.01. The van der Waals surface area contributed by atoms with Crippen LogP contribution < -0.4 is 5.73 Å². The van der Waals surface area contributed by atoms with Gasteiger partial charge in [-0.15, -0.1) is 11.3 Å². The van der Waals surface area contributed by atoms with E-state index in [1.807, 2.05) is 6.92 Å². The fourth-order valence-electron chi connectivity index (χ4n) is 1.89. The van der Waals surface area contributed by atoms with E-state index in [1.165, 1.54) is 30.6 Å². The molecule has 1 rings (SSSR count). The molecule has 0 aliphatic rings. The van der Waals surface area contributed by atoms with Crippen molar-refractivity contribution in [2.45, 2.75) is 58.1 Å². The Morgan fingerprint density at radius 3 is 2.56 bits per heavy atom. The molecule has 1 heterocycles. The SMILES string of the molecule is CCCCCCCOC(c1ccc(Br)s1)C(C)N. The molecule has 0 aromatic carbocycles. The minimum atomic E-state index is 0.0335. The summed E-state index contributed by atoms with van der Waals surface area (Å²) >= 11 is 5.19. The Labute approximate surface area is 123 Å². The summed E-state index contributed by atoms with van der Waals surface area (Å²) in [4.78, 5) is 1.21.